The van der Waals surface area contributed by atoms with Crippen molar-refractivity contribution in [2.24, 2.45) is 7.05 Å². The number of carbonyl (C=O) groups excluding carboxylic acids is 2. The van der Waals surface area contributed by atoms with Crippen LogP contribution in [0.3, 0.4) is 0 Å². The largest absolute Gasteiger partial charge is 0.356 e. The molecule has 0 radical (unpaired) electrons. The molecule has 1 aromatic carbocycles. The van der Waals surface area contributed by atoms with Gasteiger partial charge in [0.05, 0.1) is 5.56 Å². The van der Waals surface area contributed by atoms with Gasteiger partial charge in [-0.05, 0) is 36.6 Å². The maximum atomic E-state index is 12.6. The summed E-state index contributed by atoms with van der Waals surface area (Å²) in [6.45, 7) is 2.29. The van der Waals surface area contributed by atoms with E-state index in [1.165, 1.54) is 0 Å². The Hall–Kier alpha value is -2.21. The van der Waals surface area contributed by atoms with Gasteiger partial charge >= 0.3 is 0 Å². The Balaban J connectivity index is 1.59. The summed E-state index contributed by atoms with van der Waals surface area (Å²) < 4.78 is 1.87. The number of nitrogens with zero attached hydrogens (tertiary/aromatic N) is 3. The first kappa shape index (κ1) is 16.6. The zero-order valence-corrected chi connectivity index (χ0v) is 14.8. The molecule has 0 N–H and O–H groups in total. The zero-order valence-electron chi connectivity index (χ0n) is 13.9. The fourth-order valence-electron chi connectivity index (χ4n) is 2.84. The van der Waals surface area contributed by atoms with Gasteiger partial charge in [-0.15, -0.1) is 11.8 Å². The van der Waals surface area contributed by atoms with Crippen LogP contribution >= 0.6 is 11.8 Å². The van der Waals surface area contributed by atoms with Gasteiger partial charge in [0.25, 0.3) is 11.8 Å². The van der Waals surface area contributed by atoms with E-state index >= 15 is 0 Å². The summed E-state index contributed by atoms with van der Waals surface area (Å²) >= 11 is 1.66. The number of benzene rings is 1. The Kier molecular flexibility index (Phi) is 4.94. The van der Waals surface area contributed by atoms with Crippen molar-refractivity contribution < 1.29 is 9.59 Å². The van der Waals surface area contributed by atoms with E-state index in [1.54, 1.807) is 11.8 Å². The highest BCUT2D eigenvalue weighted by atomic mass is 32.2. The monoisotopic (exact) mass is 343 g/mol. The minimum Gasteiger partial charge on any atom is -0.356 e. The molecule has 3 rings (SSSR count). The molecular formula is C18H21N3O2S. The Morgan fingerprint density at radius 2 is 1.42 bits per heavy atom. The molecule has 0 aliphatic carbocycles. The van der Waals surface area contributed by atoms with E-state index in [9.17, 15) is 9.59 Å². The van der Waals surface area contributed by atoms with E-state index in [2.05, 4.69) is 0 Å². The number of hydrogen-bond donors (Lipinski definition) is 0. The van der Waals surface area contributed by atoms with Crippen LogP contribution in [-0.2, 0) is 7.05 Å². The second-order valence-corrected chi connectivity index (χ2v) is 6.76. The molecule has 1 fully saturated rings. The first-order chi connectivity index (χ1) is 11.6. The molecule has 126 valence electrons. The molecule has 2 heterocycles. The number of aromatic nitrogens is 1. The molecule has 0 atom stereocenters. The minimum absolute atomic E-state index is 0.0343. The molecule has 0 spiro atoms. The van der Waals surface area contributed by atoms with Crippen molar-refractivity contribution >= 4 is 23.6 Å². The van der Waals surface area contributed by atoms with Gasteiger partial charge in [0.15, 0.2) is 0 Å². The van der Waals surface area contributed by atoms with Crippen molar-refractivity contribution in [3.63, 3.8) is 0 Å². The van der Waals surface area contributed by atoms with Crippen LogP contribution in [0.4, 0.5) is 0 Å². The number of piperazine rings is 1. The fourth-order valence-corrected chi connectivity index (χ4v) is 3.25. The average molecular weight is 343 g/mol. The molecule has 1 saturated heterocycles. The van der Waals surface area contributed by atoms with Crippen molar-refractivity contribution in [1.29, 1.82) is 0 Å². The average Bonchev–Trinajstić information content (AvgIpc) is 3.07. The SMILES string of the molecule is CSc1ccc(C(=O)N2CCN(C(=O)c3ccn(C)c3)CC2)cc1. The summed E-state index contributed by atoms with van der Waals surface area (Å²) in [5, 5.41) is 0. The molecule has 0 unspecified atom stereocenters. The first-order valence-corrected chi connectivity index (χ1v) is 9.15. The highest BCUT2D eigenvalue weighted by Gasteiger charge is 2.25. The Bertz CT molecular complexity index is 731. The van der Waals surface area contributed by atoms with E-state index in [4.69, 9.17) is 0 Å². The second kappa shape index (κ2) is 7.13. The molecule has 24 heavy (non-hydrogen) atoms. The minimum atomic E-state index is 0.0343. The van der Waals surface area contributed by atoms with Crippen molar-refractivity contribution in [2.75, 3.05) is 32.4 Å². The molecule has 6 heteroatoms. The van der Waals surface area contributed by atoms with E-state index in [0.29, 0.717) is 37.3 Å². The number of hydrogen-bond acceptors (Lipinski definition) is 3. The maximum absolute atomic E-state index is 12.6. The molecule has 1 aliphatic heterocycles. The van der Waals surface area contributed by atoms with Gasteiger partial charge in [-0.25, -0.2) is 0 Å². The van der Waals surface area contributed by atoms with Crippen molar-refractivity contribution in [3.8, 4) is 0 Å². The Labute approximate surface area is 146 Å². The van der Waals surface area contributed by atoms with Gasteiger partial charge in [-0.2, -0.15) is 0 Å². The van der Waals surface area contributed by atoms with Crippen LogP contribution < -0.4 is 0 Å². The lowest BCUT2D eigenvalue weighted by Gasteiger charge is -2.34. The van der Waals surface area contributed by atoms with Crippen LogP contribution in [0, 0.1) is 0 Å². The summed E-state index contributed by atoms with van der Waals surface area (Å²) in [6.07, 6.45) is 5.71. The fraction of sp³-hybridized carbons (Fsp3) is 0.333. The smallest absolute Gasteiger partial charge is 0.255 e. The van der Waals surface area contributed by atoms with Crippen LogP contribution in [-0.4, -0.2) is 58.6 Å². The standard InChI is InChI=1S/C18H21N3O2S/c1-19-8-7-15(13-19)18(23)21-11-9-20(10-12-21)17(22)14-3-5-16(24-2)6-4-14/h3-8,13H,9-12H2,1-2H3. The molecular weight excluding hydrogens is 322 g/mol. The number of carbonyl (C=O) groups is 2. The van der Waals surface area contributed by atoms with E-state index in [-0.39, 0.29) is 11.8 Å². The van der Waals surface area contributed by atoms with Crippen molar-refractivity contribution in [3.05, 3.63) is 53.9 Å². The number of aryl methyl sites for hydroxylation is 1. The Morgan fingerprint density at radius 3 is 1.88 bits per heavy atom. The van der Waals surface area contributed by atoms with Crippen LogP contribution in [0.1, 0.15) is 20.7 Å². The lowest BCUT2D eigenvalue weighted by atomic mass is 10.1. The molecule has 5 nitrogen and oxygen atoms in total. The second-order valence-electron chi connectivity index (χ2n) is 5.88. The molecule has 1 aliphatic rings. The van der Waals surface area contributed by atoms with Gasteiger partial charge in [0.2, 0.25) is 0 Å². The molecule has 2 amide bonds. The van der Waals surface area contributed by atoms with Gasteiger partial charge < -0.3 is 14.4 Å². The van der Waals surface area contributed by atoms with E-state index in [1.807, 2.05) is 70.4 Å². The summed E-state index contributed by atoms with van der Waals surface area (Å²) in [4.78, 5) is 29.8. The Morgan fingerprint density at radius 1 is 0.875 bits per heavy atom. The summed E-state index contributed by atoms with van der Waals surface area (Å²) in [5.41, 5.74) is 1.40. The third-order valence-corrected chi connectivity index (χ3v) is 5.01. The summed E-state index contributed by atoms with van der Waals surface area (Å²) in [7, 11) is 1.90. The molecule has 0 saturated carbocycles. The van der Waals surface area contributed by atoms with Gasteiger partial charge in [-0.3, -0.25) is 9.59 Å². The zero-order chi connectivity index (χ0) is 17.1. The van der Waals surface area contributed by atoms with Crippen LogP contribution in [0.2, 0.25) is 0 Å². The topological polar surface area (TPSA) is 45.6 Å². The highest BCUT2D eigenvalue weighted by Crippen LogP contribution is 2.17. The predicted octanol–water partition coefficient (Wildman–Crippen LogP) is 2.35. The number of thioether (sulfide) groups is 1. The lowest BCUT2D eigenvalue weighted by Crippen LogP contribution is -2.50. The number of rotatable bonds is 3. The molecule has 0 bridgehead atoms. The maximum Gasteiger partial charge on any atom is 0.255 e. The van der Waals surface area contributed by atoms with E-state index < -0.39 is 0 Å². The van der Waals surface area contributed by atoms with Gasteiger partial charge in [0.1, 0.15) is 0 Å². The molecule has 1 aromatic heterocycles. The summed E-state index contributed by atoms with van der Waals surface area (Å²) in [5.74, 6) is 0.0708. The van der Waals surface area contributed by atoms with Crippen molar-refractivity contribution in [1.82, 2.24) is 14.4 Å². The third kappa shape index (κ3) is 3.48. The van der Waals surface area contributed by atoms with Gasteiger partial charge in [-0.1, -0.05) is 0 Å². The lowest BCUT2D eigenvalue weighted by molar-refractivity contribution is 0.0535. The van der Waals surface area contributed by atoms with Gasteiger partial charge in [0, 0.05) is 56.1 Å². The van der Waals surface area contributed by atoms with Crippen LogP contribution in [0.15, 0.2) is 47.6 Å². The molecule has 2 aromatic rings. The van der Waals surface area contributed by atoms with Crippen LogP contribution in [0.5, 0.6) is 0 Å². The number of amides is 2. The third-order valence-electron chi connectivity index (χ3n) is 4.27. The summed E-state index contributed by atoms with van der Waals surface area (Å²) in [6, 6.07) is 9.50. The highest BCUT2D eigenvalue weighted by molar-refractivity contribution is 7.98. The normalized spacial score (nSPS) is 14.8. The van der Waals surface area contributed by atoms with E-state index in [0.717, 1.165) is 4.90 Å². The quantitative estimate of drug-likeness (QED) is 0.804. The predicted molar refractivity (Wildman–Crippen MR) is 95.4 cm³/mol. The van der Waals surface area contributed by atoms with Crippen LogP contribution in [0.25, 0.3) is 0 Å². The van der Waals surface area contributed by atoms with Crippen molar-refractivity contribution in [2.45, 2.75) is 4.90 Å². The first-order valence-electron chi connectivity index (χ1n) is 7.93.